The van der Waals surface area contributed by atoms with E-state index in [1.807, 2.05) is 52.0 Å². The molecule has 0 spiro atoms. The number of carbonyl (C=O) groups excluding carboxylic acids is 1. The van der Waals surface area contributed by atoms with Crippen molar-refractivity contribution in [2.45, 2.75) is 27.7 Å². The van der Waals surface area contributed by atoms with Crippen LogP contribution in [-0.2, 0) is 4.79 Å². The Labute approximate surface area is 126 Å². The van der Waals surface area contributed by atoms with Gasteiger partial charge in [-0.3, -0.25) is 9.69 Å². The van der Waals surface area contributed by atoms with Gasteiger partial charge >= 0.3 is 12.0 Å². The zero-order valence-electron chi connectivity index (χ0n) is 13.2. The summed E-state index contributed by atoms with van der Waals surface area (Å²) in [5.74, 6) is -0.783. The van der Waals surface area contributed by atoms with E-state index >= 15 is 0 Å². The lowest BCUT2D eigenvalue weighted by Gasteiger charge is -2.30. The summed E-state index contributed by atoms with van der Waals surface area (Å²) in [6.07, 6.45) is 0. The van der Waals surface area contributed by atoms with E-state index in [-0.39, 0.29) is 18.5 Å². The summed E-state index contributed by atoms with van der Waals surface area (Å²) < 4.78 is 0. The quantitative estimate of drug-likeness (QED) is 0.876. The van der Waals surface area contributed by atoms with Gasteiger partial charge in [0.2, 0.25) is 0 Å². The molecule has 116 valence electrons. The van der Waals surface area contributed by atoms with Crippen LogP contribution in [0.2, 0.25) is 0 Å². The van der Waals surface area contributed by atoms with Gasteiger partial charge in [-0.05, 0) is 31.9 Å². The van der Waals surface area contributed by atoms with Gasteiger partial charge in [-0.15, -0.1) is 0 Å². The van der Waals surface area contributed by atoms with Gasteiger partial charge in [0, 0.05) is 18.8 Å². The highest BCUT2D eigenvalue weighted by Crippen LogP contribution is 2.17. The number of hydrogen-bond donors (Lipinski definition) is 1. The van der Waals surface area contributed by atoms with E-state index in [4.69, 9.17) is 5.11 Å². The lowest BCUT2D eigenvalue weighted by atomic mass is 10.2. The van der Waals surface area contributed by atoms with E-state index in [2.05, 4.69) is 0 Å². The second-order valence-electron chi connectivity index (χ2n) is 5.53. The molecule has 1 aromatic rings. The van der Waals surface area contributed by atoms with E-state index in [9.17, 15) is 9.59 Å². The van der Waals surface area contributed by atoms with Crippen molar-refractivity contribution in [2.24, 2.45) is 5.92 Å². The Morgan fingerprint density at radius 2 is 1.76 bits per heavy atom. The number of carboxylic acid groups (broad SMARTS) is 1. The number of rotatable bonds is 6. The van der Waals surface area contributed by atoms with Gasteiger partial charge in [-0.25, -0.2) is 4.79 Å². The van der Waals surface area contributed by atoms with Gasteiger partial charge in [0.15, 0.2) is 0 Å². The van der Waals surface area contributed by atoms with Crippen LogP contribution >= 0.6 is 0 Å². The molecule has 0 aliphatic heterocycles. The third-order valence-electron chi connectivity index (χ3n) is 3.07. The number of urea groups is 1. The summed E-state index contributed by atoms with van der Waals surface area (Å²) in [6.45, 7) is 8.43. The maximum absolute atomic E-state index is 12.6. The fourth-order valence-corrected chi connectivity index (χ4v) is 2.14. The van der Waals surface area contributed by atoms with Crippen molar-refractivity contribution in [1.29, 1.82) is 0 Å². The molecule has 0 aliphatic carbocycles. The topological polar surface area (TPSA) is 60.9 Å². The Bertz CT molecular complexity index is 483. The molecule has 0 saturated carbocycles. The molecule has 0 radical (unpaired) electrons. The highest BCUT2D eigenvalue weighted by molar-refractivity contribution is 5.93. The molecular weight excluding hydrogens is 268 g/mol. The minimum Gasteiger partial charge on any atom is -0.480 e. The largest absolute Gasteiger partial charge is 0.480 e. The molecule has 0 unspecified atom stereocenters. The molecule has 21 heavy (non-hydrogen) atoms. The van der Waals surface area contributed by atoms with E-state index in [1.54, 1.807) is 4.90 Å². The van der Waals surface area contributed by atoms with E-state index in [0.717, 1.165) is 11.3 Å². The summed E-state index contributed by atoms with van der Waals surface area (Å²) in [5.41, 5.74) is 1.90. The van der Waals surface area contributed by atoms with Gasteiger partial charge in [0.25, 0.3) is 0 Å². The van der Waals surface area contributed by atoms with Crippen molar-refractivity contribution in [3.05, 3.63) is 29.8 Å². The molecule has 1 N–H and O–H groups in total. The lowest BCUT2D eigenvalue weighted by Crippen LogP contribution is -2.47. The highest BCUT2D eigenvalue weighted by Gasteiger charge is 2.23. The second kappa shape index (κ2) is 7.67. The Balaban J connectivity index is 2.97. The number of aryl methyl sites for hydroxylation is 1. The van der Waals surface area contributed by atoms with E-state index < -0.39 is 5.97 Å². The Kier molecular flexibility index (Phi) is 6.21. The van der Waals surface area contributed by atoms with Crippen molar-refractivity contribution >= 4 is 17.7 Å². The molecule has 0 aliphatic rings. The Morgan fingerprint density at radius 3 is 2.19 bits per heavy atom. The number of anilines is 1. The second-order valence-corrected chi connectivity index (χ2v) is 5.53. The molecule has 5 heteroatoms. The summed E-state index contributed by atoms with van der Waals surface area (Å²) in [7, 11) is 0. The van der Waals surface area contributed by atoms with Gasteiger partial charge in [-0.1, -0.05) is 31.5 Å². The van der Waals surface area contributed by atoms with Crippen molar-refractivity contribution < 1.29 is 14.7 Å². The fraction of sp³-hybridized carbons (Fsp3) is 0.500. The fourth-order valence-electron chi connectivity index (χ4n) is 2.14. The number of amides is 2. The van der Waals surface area contributed by atoms with Crippen molar-refractivity contribution in [3.63, 3.8) is 0 Å². The Morgan fingerprint density at radius 1 is 1.19 bits per heavy atom. The highest BCUT2D eigenvalue weighted by atomic mass is 16.4. The van der Waals surface area contributed by atoms with Crippen LogP contribution in [0, 0.1) is 12.8 Å². The average Bonchev–Trinajstić information content (AvgIpc) is 2.39. The zero-order chi connectivity index (χ0) is 16.0. The number of aliphatic carboxylic acids is 1. The molecule has 0 atom stereocenters. The maximum Gasteiger partial charge on any atom is 0.325 e. The molecule has 1 rings (SSSR count). The van der Waals surface area contributed by atoms with Crippen molar-refractivity contribution in [3.8, 4) is 0 Å². The monoisotopic (exact) mass is 292 g/mol. The first-order valence-corrected chi connectivity index (χ1v) is 7.20. The van der Waals surface area contributed by atoms with Gasteiger partial charge in [0.1, 0.15) is 6.54 Å². The minimum absolute atomic E-state index is 0.213. The van der Waals surface area contributed by atoms with Crippen LogP contribution < -0.4 is 4.90 Å². The smallest absolute Gasteiger partial charge is 0.325 e. The first-order valence-electron chi connectivity index (χ1n) is 7.20. The summed E-state index contributed by atoms with van der Waals surface area (Å²) in [5, 5.41) is 8.99. The maximum atomic E-state index is 12.6. The third-order valence-corrected chi connectivity index (χ3v) is 3.07. The molecular formula is C16H24N2O3. The van der Waals surface area contributed by atoms with Crippen LogP contribution in [-0.4, -0.2) is 41.6 Å². The predicted molar refractivity (Wildman–Crippen MR) is 83.6 cm³/mol. The molecule has 1 aromatic carbocycles. The van der Waals surface area contributed by atoms with Crippen molar-refractivity contribution in [1.82, 2.24) is 4.90 Å². The number of nitrogens with zero attached hydrogens (tertiary/aromatic N) is 2. The number of carbonyl (C=O) groups is 2. The van der Waals surface area contributed by atoms with Gasteiger partial charge in [0.05, 0.1) is 0 Å². The molecule has 0 saturated heterocycles. The molecule has 0 fully saturated rings. The molecule has 0 aromatic heterocycles. The van der Waals surface area contributed by atoms with E-state index in [0.29, 0.717) is 13.1 Å². The molecule has 2 amide bonds. The van der Waals surface area contributed by atoms with Crippen LogP contribution in [0.5, 0.6) is 0 Å². The Hall–Kier alpha value is -2.04. The third kappa shape index (κ3) is 5.10. The standard InChI is InChI=1S/C16H24N2O3/c1-5-18(14-8-6-13(4)7-9-14)16(21)17(10-12(2)3)11-15(19)20/h6-9,12H,5,10-11H2,1-4H3,(H,19,20). The zero-order valence-corrected chi connectivity index (χ0v) is 13.2. The van der Waals surface area contributed by atoms with Gasteiger partial charge in [-0.2, -0.15) is 0 Å². The van der Waals surface area contributed by atoms with Crippen LogP contribution in [0.3, 0.4) is 0 Å². The SMILES string of the molecule is CCN(C(=O)N(CC(=O)O)CC(C)C)c1ccc(C)cc1. The van der Waals surface area contributed by atoms with Crippen LogP contribution in [0.4, 0.5) is 10.5 Å². The number of hydrogen-bond acceptors (Lipinski definition) is 2. The lowest BCUT2D eigenvalue weighted by molar-refractivity contribution is -0.137. The summed E-state index contributed by atoms with van der Waals surface area (Å²) in [4.78, 5) is 26.6. The van der Waals surface area contributed by atoms with Crippen LogP contribution in [0.1, 0.15) is 26.3 Å². The summed E-state index contributed by atoms with van der Waals surface area (Å²) >= 11 is 0. The van der Waals surface area contributed by atoms with Gasteiger partial charge < -0.3 is 10.0 Å². The molecule has 0 bridgehead atoms. The predicted octanol–water partition coefficient (Wildman–Crippen LogP) is 2.98. The first-order chi connectivity index (χ1) is 9.85. The number of benzene rings is 1. The van der Waals surface area contributed by atoms with Crippen LogP contribution in [0.25, 0.3) is 0 Å². The normalized spacial score (nSPS) is 10.5. The first kappa shape index (κ1) is 17.0. The van der Waals surface area contributed by atoms with Crippen LogP contribution in [0.15, 0.2) is 24.3 Å². The summed E-state index contributed by atoms with van der Waals surface area (Å²) in [6, 6.07) is 7.37. The minimum atomic E-state index is -0.996. The molecule has 0 heterocycles. The van der Waals surface area contributed by atoms with E-state index in [1.165, 1.54) is 4.90 Å². The number of carboxylic acids is 1. The average molecular weight is 292 g/mol. The molecule has 5 nitrogen and oxygen atoms in total. The van der Waals surface area contributed by atoms with Crippen molar-refractivity contribution in [2.75, 3.05) is 24.5 Å².